The third-order valence-electron chi connectivity index (χ3n) is 4.57. The molecule has 17 heteroatoms. The smallest absolute Gasteiger partial charge is 0.320 e. The molecule has 17 nitrogen and oxygen atoms in total. The summed E-state index contributed by atoms with van der Waals surface area (Å²) in [6, 6.07) is 16.0. The van der Waals surface area contributed by atoms with Gasteiger partial charge in [0.15, 0.2) is 0 Å². The molecule has 0 aliphatic heterocycles. The molecule has 246 valence electrons. The van der Waals surface area contributed by atoms with Crippen LogP contribution >= 0.6 is 0 Å². The number of rotatable bonds is 12. The summed E-state index contributed by atoms with van der Waals surface area (Å²) in [5, 5.41) is 48.5. The Bertz CT molecular complexity index is 1050. The van der Waals surface area contributed by atoms with Crippen LogP contribution in [-0.4, -0.2) is 97.7 Å². The average Bonchev–Trinajstić information content (AvgIpc) is 2.98. The Morgan fingerprint density at radius 1 is 0.500 bits per heavy atom. The maximum Gasteiger partial charge on any atom is 0.320 e. The van der Waals surface area contributed by atoms with Crippen molar-refractivity contribution in [1.29, 1.82) is 0 Å². The lowest BCUT2D eigenvalue weighted by atomic mass is 10.1. The van der Waals surface area contributed by atoms with Gasteiger partial charge in [0, 0.05) is 6.42 Å². The molecular formula is C27H41N5O12. The molecule has 2 rings (SSSR count). The molecule has 44 heavy (non-hydrogen) atoms. The van der Waals surface area contributed by atoms with Crippen molar-refractivity contribution in [3.05, 3.63) is 71.8 Å². The third-order valence-corrected chi connectivity index (χ3v) is 4.57. The maximum absolute atomic E-state index is 10.4. The van der Waals surface area contributed by atoms with Crippen molar-refractivity contribution in [2.75, 3.05) is 13.1 Å². The van der Waals surface area contributed by atoms with Gasteiger partial charge in [0.2, 0.25) is 0 Å². The van der Waals surface area contributed by atoms with E-state index >= 15 is 0 Å². The molecule has 16 N–H and O–H groups in total. The molecule has 2 aromatic rings. The van der Waals surface area contributed by atoms with E-state index in [0.717, 1.165) is 11.1 Å². The summed E-state index contributed by atoms with van der Waals surface area (Å²) < 4.78 is 0. The highest BCUT2D eigenvalue weighted by atomic mass is 16.4. The molecule has 0 fully saturated rings. The predicted molar refractivity (Wildman–Crippen MR) is 157 cm³/mol. The fourth-order valence-corrected chi connectivity index (χ4v) is 2.31. The first-order valence-corrected chi connectivity index (χ1v) is 12.6. The summed E-state index contributed by atoms with van der Waals surface area (Å²) >= 11 is 0. The second-order valence-electron chi connectivity index (χ2n) is 8.34. The third kappa shape index (κ3) is 30.0. The van der Waals surface area contributed by atoms with Crippen LogP contribution in [0.15, 0.2) is 60.7 Å². The topological polar surface area (TPSA) is 354 Å². The van der Waals surface area contributed by atoms with E-state index in [1.807, 2.05) is 60.7 Å². The van der Waals surface area contributed by atoms with Crippen molar-refractivity contribution in [1.82, 2.24) is 0 Å². The van der Waals surface area contributed by atoms with E-state index in [1.54, 1.807) is 0 Å². The van der Waals surface area contributed by atoms with Gasteiger partial charge in [0.05, 0.1) is 13.1 Å². The van der Waals surface area contributed by atoms with E-state index in [2.05, 4.69) is 11.5 Å². The number of benzene rings is 2. The Morgan fingerprint density at radius 2 is 0.773 bits per heavy atom. The van der Waals surface area contributed by atoms with Gasteiger partial charge in [0.1, 0.15) is 18.1 Å². The Morgan fingerprint density at radius 3 is 0.977 bits per heavy atom. The summed E-state index contributed by atoms with van der Waals surface area (Å²) in [5.74, 6) is -6.05. The maximum atomic E-state index is 10.4. The van der Waals surface area contributed by atoms with Gasteiger partial charge in [-0.25, -0.2) is 0 Å². The number of carboxylic acid groups (broad SMARTS) is 6. The minimum absolute atomic E-state index is 0.0231. The average molecular weight is 628 g/mol. The number of hydrogen-bond acceptors (Lipinski definition) is 11. The number of aliphatic carboxylic acids is 6. The standard InChI is InChI=1S/2C9H11NO2.C5H9NO4.2C2H5NO2/c2*10-8(9(11)12)6-7-4-2-1-3-5-7;6-3(5(9)10)1-2-4(7)8;2*3-1-2(4)5/h2*1-5,8H,6,10H2,(H,11,12);3H,1-2,6H2,(H,7,8)(H,9,10);2*1,3H2,(H,4,5). The Hall–Kier alpha value is -4.94. The van der Waals surface area contributed by atoms with E-state index in [-0.39, 0.29) is 25.9 Å². The fraction of sp³-hybridized carbons (Fsp3) is 0.333. The monoisotopic (exact) mass is 627 g/mol. The highest BCUT2D eigenvalue weighted by molar-refractivity contribution is 5.75. The Kier molecular flexibility index (Phi) is 26.6. The van der Waals surface area contributed by atoms with Crippen LogP contribution in [0, 0.1) is 0 Å². The van der Waals surface area contributed by atoms with Gasteiger partial charge in [-0.05, 0) is 30.4 Å². The van der Waals surface area contributed by atoms with E-state index in [1.165, 1.54) is 0 Å². The number of carboxylic acids is 6. The molecule has 0 aliphatic rings. The van der Waals surface area contributed by atoms with Gasteiger partial charge in [-0.15, -0.1) is 0 Å². The number of hydrogen-bond donors (Lipinski definition) is 11. The Labute approximate surface area is 252 Å². The summed E-state index contributed by atoms with van der Waals surface area (Å²) in [6.45, 7) is -0.556. The summed E-state index contributed by atoms with van der Waals surface area (Å²) in [6.07, 6.45) is 0.546. The van der Waals surface area contributed by atoms with Gasteiger partial charge >= 0.3 is 35.8 Å². The zero-order chi connectivity index (χ0) is 34.7. The first-order valence-electron chi connectivity index (χ1n) is 12.6. The van der Waals surface area contributed by atoms with Crippen LogP contribution in [0.2, 0.25) is 0 Å². The second-order valence-corrected chi connectivity index (χ2v) is 8.34. The lowest BCUT2D eigenvalue weighted by Gasteiger charge is -2.04. The first-order chi connectivity index (χ1) is 20.5. The van der Waals surface area contributed by atoms with Gasteiger partial charge in [-0.2, -0.15) is 0 Å². The summed E-state index contributed by atoms with van der Waals surface area (Å²) in [4.78, 5) is 59.1. The van der Waals surface area contributed by atoms with Crippen molar-refractivity contribution in [3.63, 3.8) is 0 Å². The van der Waals surface area contributed by atoms with Crippen LogP contribution in [0.25, 0.3) is 0 Å². The summed E-state index contributed by atoms with van der Waals surface area (Å²) in [5.41, 5.74) is 26.7. The number of nitrogens with two attached hydrogens (primary N) is 5. The van der Waals surface area contributed by atoms with Gasteiger partial charge in [0.25, 0.3) is 0 Å². The molecule has 0 amide bonds. The highest BCUT2D eigenvalue weighted by Gasteiger charge is 2.13. The van der Waals surface area contributed by atoms with E-state index in [9.17, 15) is 28.8 Å². The predicted octanol–water partition coefficient (Wildman–Crippen LogP) is -1.40. The van der Waals surface area contributed by atoms with Gasteiger partial charge in [-0.1, -0.05) is 60.7 Å². The van der Waals surface area contributed by atoms with Crippen molar-refractivity contribution in [2.45, 2.75) is 43.8 Å². The second kappa shape index (κ2) is 26.9. The molecule has 0 aliphatic carbocycles. The SMILES string of the molecule is NC(CCC(=O)O)C(=O)O.NC(Cc1ccccc1)C(=O)O.NC(Cc1ccccc1)C(=O)O.NCC(=O)O.NCC(=O)O. The van der Waals surface area contributed by atoms with Crippen LogP contribution in [0.5, 0.6) is 0 Å². The van der Waals surface area contributed by atoms with Crippen LogP contribution in [0.4, 0.5) is 0 Å². The molecule has 0 radical (unpaired) electrons. The Balaban J connectivity index is -0.000000500. The van der Waals surface area contributed by atoms with Crippen LogP contribution in [0.3, 0.4) is 0 Å². The molecule has 0 aromatic heterocycles. The molecule has 0 spiro atoms. The molecule has 0 saturated carbocycles. The molecule has 0 bridgehead atoms. The zero-order valence-corrected chi connectivity index (χ0v) is 23.8. The van der Waals surface area contributed by atoms with Crippen molar-refractivity contribution < 1.29 is 59.4 Å². The fourth-order valence-electron chi connectivity index (χ4n) is 2.31. The van der Waals surface area contributed by atoms with Crippen molar-refractivity contribution in [3.8, 4) is 0 Å². The van der Waals surface area contributed by atoms with Crippen molar-refractivity contribution in [2.24, 2.45) is 28.7 Å². The number of carbonyl (C=O) groups is 6. The molecule has 0 heterocycles. The minimum atomic E-state index is -1.17. The van der Waals surface area contributed by atoms with Gasteiger partial charge in [-0.3, -0.25) is 28.8 Å². The van der Waals surface area contributed by atoms with Gasteiger partial charge < -0.3 is 59.3 Å². The lowest BCUT2D eigenvalue weighted by molar-refractivity contribution is -0.141. The van der Waals surface area contributed by atoms with Crippen LogP contribution < -0.4 is 28.7 Å². The zero-order valence-electron chi connectivity index (χ0n) is 23.8. The molecule has 3 atom stereocenters. The van der Waals surface area contributed by atoms with Crippen LogP contribution in [0.1, 0.15) is 24.0 Å². The highest BCUT2D eigenvalue weighted by Crippen LogP contribution is 2.02. The van der Waals surface area contributed by atoms with E-state index in [0.29, 0.717) is 12.8 Å². The van der Waals surface area contributed by atoms with E-state index in [4.69, 9.17) is 47.8 Å². The quantitative estimate of drug-likeness (QED) is 0.129. The van der Waals surface area contributed by atoms with E-state index < -0.39 is 53.9 Å². The molecular weight excluding hydrogens is 586 g/mol. The van der Waals surface area contributed by atoms with Crippen molar-refractivity contribution >= 4 is 35.8 Å². The molecule has 2 aromatic carbocycles. The summed E-state index contributed by atoms with van der Waals surface area (Å²) in [7, 11) is 0. The first kappa shape index (κ1) is 43.5. The normalized spacial score (nSPS) is 11.3. The minimum Gasteiger partial charge on any atom is -0.481 e. The largest absolute Gasteiger partial charge is 0.481 e. The molecule has 3 unspecified atom stereocenters. The van der Waals surface area contributed by atoms with Crippen LogP contribution in [-0.2, 0) is 41.6 Å². The molecule has 0 saturated heterocycles. The lowest BCUT2D eigenvalue weighted by Crippen LogP contribution is -2.32.